The van der Waals surface area contributed by atoms with E-state index in [0.717, 1.165) is 0 Å². The summed E-state index contributed by atoms with van der Waals surface area (Å²) >= 11 is 0. The molecular formula is C8H9FO3S. The minimum atomic E-state index is -3.58. The summed E-state index contributed by atoms with van der Waals surface area (Å²) in [5, 5.41) is 8.44. The van der Waals surface area contributed by atoms with Crippen LogP contribution >= 0.6 is 0 Å². The van der Waals surface area contributed by atoms with Gasteiger partial charge in [-0.1, -0.05) is 18.2 Å². The van der Waals surface area contributed by atoms with Crippen molar-refractivity contribution in [1.82, 2.24) is 0 Å². The Morgan fingerprint density at radius 1 is 1.31 bits per heavy atom. The molecule has 0 saturated heterocycles. The zero-order valence-corrected chi connectivity index (χ0v) is 7.59. The minimum absolute atomic E-state index is 0.0801. The van der Waals surface area contributed by atoms with E-state index < -0.39 is 27.3 Å². The highest BCUT2D eigenvalue weighted by atomic mass is 32.2. The Bertz CT molecular complexity index is 386. The van der Waals surface area contributed by atoms with E-state index in [2.05, 4.69) is 0 Å². The fourth-order valence-electron chi connectivity index (χ4n) is 0.898. The van der Waals surface area contributed by atoms with Crippen LogP contribution in [0.4, 0.5) is 4.39 Å². The van der Waals surface area contributed by atoms with E-state index in [-0.39, 0.29) is 5.56 Å². The topological polar surface area (TPSA) is 54.4 Å². The van der Waals surface area contributed by atoms with Gasteiger partial charge in [-0.2, -0.15) is 0 Å². The fraction of sp³-hybridized carbons (Fsp3) is 0.250. The molecule has 0 spiro atoms. The lowest BCUT2D eigenvalue weighted by atomic mass is 10.2. The SMILES string of the molecule is O=S(=O)(CO)Cc1ccccc1F. The largest absolute Gasteiger partial charge is 0.380 e. The predicted octanol–water partition coefficient (Wildman–Crippen LogP) is 0.690. The standard InChI is InChI=1S/C8H9FO3S/c9-8-4-2-1-3-7(8)5-13(11,12)6-10/h1-4,10H,5-6H2. The maximum absolute atomic E-state index is 12.9. The summed E-state index contributed by atoms with van der Waals surface area (Å²) < 4.78 is 34.7. The van der Waals surface area contributed by atoms with E-state index in [4.69, 9.17) is 5.11 Å². The van der Waals surface area contributed by atoms with Crippen molar-refractivity contribution >= 4 is 9.84 Å². The Morgan fingerprint density at radius 3 is 2.46 bits per heavy atom. The van der Waals surface area contributed by atoms with Crippen LogP contribution in [0.1, 0.15) is 5.56 Å². The second kappa shape index (κ2) is 3.85. The van der Waals surface area contributed by atoms with Gasteiger partial charge < -0.3 is 5.11 Å². The van der Waals surface area contributed by atoms with Crippen LogP contribution in [0.3, 0.4) is 0 Å². The van der Waals surface area contributed by atoms with Gasteiger partial charge in [0.2, 0.25) is 0 Å². The summed E-state index contributed by atoms with van der Waals surface area (Å²) in [4.78, 5) is 0. The number of sulfone groups is 1. The summed E-state index contributed by atoms with van der Waals surface area (Å²) in [6.07, 6.45) is 0. The summed E-state index contributed by atoms with van der Waals surface area (Å²) in [6, 6.07) is 5.58. The molecule has 13 heavy (non-hydrogen) atoms. The fourth-order valence-corrected chi connectivity index (χ4v) is 1.70. The molecule has 0 radical (unpaired) electrons. The molecule has 0 heterocycles. The van der Waals surface area contributed by atoms with Gasteiger partial charge in [-0.05, 0) is 6.07 Å². The third-order valence-electron chi connectivity index (χ3n) is 1.53. The highest BCUT2D eigenvalue weighted by Crippen LogP contribution is 2.10. The maximum Gasteiger partial charge on any atom is 0.178 e. The van der Waals surface area contributed by atoms with Crippen molar-refractivity contribution in [2.45, 2.75) is 5.75 Å². The highest BCUT2D eigenvalue weighted by Gasteiger charge is 2.12. The molecule has 1 aromatic rings. The second-order valence-corrected chi connectivity index (χ2v) is 4.64. The van der Waals surface area contributed by atoms with E-state index >= 15 is 0 Å². The molecule has 0 saturated carbocycles. The van der Waals surface area contributed by atoms with Crippen molar-refractivity contribution < 1.29 is 17.9 Å². The summed E-state index contributed by atoms with van der Waals surface area (Å²) in [5.41, 5.74) is 0.0801. The smallest absolute Gasteiger partial charge is 0.178 e. The third-order valence-corrected chi connectivity index (χ3v) is 2.67. The van der Waals surface area contributed by atoms with Gasteiger partial charge in [0.25, 0.3) is 0 Å². The molecule has 0 aliphatic heterocycles. The molecule has 0 fully saturated rings. The number of benzene rings is 1. The Kier molecular flexibility index (Phi) is 3.00. The van der Waals surface area contributed by atoms with Crippen molar-refractivity contribution in [1.29, 1.82) is 0 Å². The molecule has 72 valence electrons. The lowest BCUT2D eigenvalue weighted by Crippen LogP contribution is -2.09. The lowest BCUT2D eigenvalue weighted by Gasteiger charge is -2.01. The zero-order chi connectivity index (χ0) is 9.90. The molecule has 0 aliphatic rings. The quantitative estimate of drug-likeness (QED) is 0.788. The predicted molar refractivity (Wildman–Crippen MR) is 46.1 cm³/mol. The molecule has 0 unspecified atom stereocenters. The summed E-state index contributed by atoms with van der Waals surface area (Å²) in [5.74, 6) is -1.99. The van der Waals surface area contributed by atoms with Crippen LogP contribution in [0.25, 0.3) is 0 Å². The van der Waals surface area contributed by atoms with E-state index in [1.54, 1.807) is 6.07 Å². The van der Waals surface area contributed by atoms with Gasteiger partial charge in [0.15, 0.2) is 9.84 Å². The van der Waals surface area contributed by atoms with Gasteiger partial charge in [-0.15, -0.1) is 0 Å². The Morgan fingerprint density at radius 2 is 1.92 bits per heavy atom. The van der Waals surface area contributed by atoms with Crippen molar-refractivity contribution in [3.63, 3.8) is 0 Å². The van der Waals surface area contributed by atoms with Gasteiger partial charge in [-0.25, -0.2) is 12.8 Å². The maximum atomic E-state index is 12.9. The molecule has 1 rings (SSSR count). The van der Waals surface area contributed by atoms with Crippen molar-refractivity contribution in [3.05, 3.63) is 35.6 Å². The van der Waals surface area contributed by atoms with Crippen LogP contribution in [-0.2, 0) is 15.6 Å². The average molecular weight is 204 g/mol. The van der Waals surface area contributed by atoms with E-state index in [9.17, 15) is 12.8 Å². The van der Waals surface area contributed by atoms with E-state index in [1.807, 2.05) is 0 Å². The number of hydrogen-bond acceptors (Lipinski definition) is 3. The first-order chi connectivity index (χ1) is 6.05. The minimum Gasteiger partial charge on any atom is -0.380 e. The first-order valence-electron chi connectivity index (χ1n) is 3.60. The number of hydrogen-bond donors (Lipinski definition) is 1. The lowest BCUT2D eigenvalue weighted by molar-refractivity contribution is 0.358. The van der Waals surface area contributed by atoms with E-state index in [0.29, 0.717) is 0 Å². The summed E-state index contributed by atoms with van der Waals surface area (Å²) in [6.45, 7) is 0. The summed E-state index contributed by atoms with van der Waals surface area (Å²) in [7, 11) is -3.58. The molecule has 0 amide bonds. The van der Waals surface area contributed by atoms with Crippen LogP contribution in [0.2, 0.25) is 0 Å². The first kappa shape index (κ1) is 10.1. The van der Waals surface area contributed by atoms with Crippen LogP contribution in [0.5, 0.6) is 0 Å². The Labute approximate surface area is 75.7 Å². The number of rotatable bonds is 3. The molecule has 0 aliphatic carbocycles. The number of aliphatic hydroxyl groups excluding tert-OH is 1. The third kappa shape index (κ3) is 2.78. The van der Waals surface area contributed by atoms with Crippen molar-refractivity contribution in [2.24, 2.45) is 0 Å². The molecule has 1 aromatic carbocycles. The van der Waals surface area contributed by atoms with Crippen LogP contribution in [0.15, 0.2) is 24.3 Å². The highest BCUT2D eigenvalue weighted by molar-refractivity contribution is 7.90. The normalized spacial score (nSPS) is 11.5. The Hall–Kier alpha value is -0.940. The average Bonchev–Trinajstić information content (AvgIpc) is 2.09. The van der Waals surface area contributed by atoms with Gasteiger partial charge in [-0.3, -0.25) is 0 Å². The number of halogens is 1. The molecular weight excluding hydrogens is 195 g/mol. The van der Waals surface area contributed by atoms with Crippen LogP contribution < -0.4 is 0 Å². The molecule has 3 nitrogen and oxygen atoms in total. The van der Waals surface area contributed by atoms with Crippen molar-refractivity contribution in [3.8, 4) is 0 Å². The first-order valence-corrected chi connectivity index (χ1v) is 5.42. The van der Waals surface area contributed by atoms with Gasteiger partial charge in [0.05, 0.1) is 5.75 Å². The van der Waals surface area contributed by atoms with Gasteiger partial charge >= 0.3 is 0 Å². The van der Waals surface area contributed by atoms with Gasteiger partial charge in [0, 0.05) is 5.56 Å². The molecule has 0 aromatic heterocycles. The molecule has 5 heteroatoms. The monoisotopic (exact) mass is 204 g/mol. The molecule has 0 bridgehead atoms. The van der Waals surface area contributed by atoms with E-state index in [1.165, 1.54) is 18.2 Å². The van der Waals surface area contributed by atoms with Crippen molar-refractivity contribution in [2.75, 3.05) is 5.94 Å². The number of aliphatic hydroxyl groups is 1. The van der Waals surface area contributed by atoms with Gasteiger partial charge in [0.1, 0.15) is 11.8 Å². The molecule has 0 atom stereocenters. The molecule has 1 N–H and O–H groups in total. The Balaban J connectivity index is 2.93. The zero-order valence-electron chi connectivity index (χ0n) is 6.77. The van der Waals surface area contributed by atoms with Crippen LogP contribution in [0, 0.1) is 5.82 Å². The second-order valence-electron chi connectivity index (χ2n) is 2.61. The van der Waals surface area contributed by atoms with Crippen LogP contribution in [-0.4, -0.2) is 19.5 Å².